The van der Waals surface area contributed by atoms with Gasteiger partial charge >= 0.3 is 6.09 Å². The number of hydrogen-bond acceptors (Lipinski definition) is 4. The van der Waals surface area contributed by atoms with Crippen molar-refractivity contribution >= 4 is 11.7 Å². The highest BCUT2D eigenvalue weighted by atomic mass is 16.6. The third kappa shape index (κ3) is 4.60. The van der Waals surface area contributed by atoms with Crippen LogP contribution < -0.4 is 10.1 Å². The highest BCUT2D eigenvalue weighted by Gasteiger charge is 2.30. The normalized spacial score (nSPS) is 14.2. The van der Waals surface area contributed by atoms with Crippen LogP contribution in [0.4, 0.5) is 4.79 Å². The largest absolute Gasteiger partial charge is 0.412 e. The molecular formula is C22H31N5O2. The van der Waals surface area contributed by atoms with Gasteiger partial charge in [0.15, 0.2) is 11.5 Å². The first-order valence-electron chi connectivity index (χ1n) is 10.1. The average Bonchev–Trinajstić information content (AvgIpc) is 3.18. The summed E-state index contributed by atoms with van der Waals surface area (Å²) in [7, 11) is 0. The molecule has 2 unspecified atom stereocenters. The molecule has 1 amide bonds. The molecule has 0 spiro atoms. The first kappa shape index (κ1) is 20.9. The second-order valence-corrected chi connectivity index (χ2v) is 9.08. The molecule has 29 heavy (non-hydrogen) atoms. The first-order chi connectivity index (χ1) is 13.6. The fourth-order valence-electron chi connectivity index (χ4n) is 3.52. The van der Waals surface area contributed by atoms with Crippen molar-refractivity contribution in [1.82, 2.24) is 25.1 Å². The van der Waals surface area contributed by atoms with Gasteiger partial charge in [0.1, 0.15) is 5.75 Å². The zero-order chi connectivity index (χ0) is 21.3. The summed E-state index contributed by atoms with van der Waals surface area (Å²) in [5.74, 6) is 1.51. The van der Waals surface area contributed by atoms with Gasteiger partial charge in [-0.1, -0.05) is 52.3 Å². The summed E-state index contributed by atoms with van der Waals surface area (Å²) in [5.41, 5.74) is 2.96. The van der Waals surface area contributed by atoms with Crippen molar-refractivity contribution in [3.05, 3.63) is 47.4 Å². The van der Waals surface area contributed by atoms with E-state index in [0.29, 0.717) is 5.75 Å². The molecule has 0 saturated carbocycles. The lowest BCUT2D eigenvalue weighted by atomic mass is 9.88. The number of aryl methyl sites for hydroxylation is 1. The lowest BCUT2D eigenvalue weighted by Gasteiger charge is -2.26. The van der Waals surface area contributed by atoms with Crippen LogP contribution in [0, 0.1) is 12.8 Å². The van der Waals surface area contributed by atoms with Crippen LogP contribution in [-0.4, -0.2) is 31.9 Å². The van der Waals surface area contributed by atoms with Gasteiger partial charge in [0.25, 0.3) is 0 Å². The van der Waals surface area contributed by atoms with Crippen molar-refractivity contribution in [3.8, 4) is 5.75 Å². The summed E-state index contributed by atoms with van der Waals surface area (Å²) in [6, 6.07) is 9.23. The molecule has 0 saturated heterocycles. The maximum atomic E-state index is 12.4. The number of amides is 1. The molecule has 3 aromatic rings. The Labute approximate surface area is 171 Å². The molecule has 7 nitrogen and oxygen atoms in total. The third-order valence-electron chi connectivity index (χ3n) is 5.16. The average molecular weight is 398 g/mol. The van der Waals surface area contributed by atoms with Crippen LogP contribution in [0.25, 0.3) is 5.65 Å². The van der Waals surface area contributed by atoms with E-state index in [0.717, 1.165) is 22.7 Å². The number of fused-ring (bicyclic) bond motifs is 1. The van der Waals surface area contributed by atoms with Gasteiger partial charge in [-0.05, 0) is 31.9 Å². The molecule has 0 aliphatic heterocycles. The number of carbonyl (C=O) groups excluding carboxylic acids is 1. The van der Waals surface area contributed by atoms with E-state index >= 15 is 0 Å². The predicted molar refractivity (Wildman–Crippen MR) is 113 cm³/mol. The third-order valence-corrected chi connectivity index (χ3v) is 5.16. The molecule has 0 fully saturated rings. The van der Waals surface area contributed by atoms with Crippen molar-refractivity contribution < 1.29 is 9.53 Å². The topological polar surface area (TPSA) is 84.3 Å². The molecule has 2 heterocycles. The van der Waals surface area contributed by atoms with Gasteiger partial charge in [0, 0.05) is 29.1 Å². The molecule has 2 atom stereocenters. The van der Waals surface area contributed by atoms with Gasteiger partial charge < -0.3 is 10.1 Å². The van der Waals surface area contributed by atoms with E-state index < -0.39 is 6.09 Å². The van der Waals surface area contributed by atoms with E-state index in [1.807, 2.05) is 36.6 Å². The maximum absolute atomic E-state index is 12.4. The first-order valence-corrected chi connectivity index (χ1v) is 10.1. The fourth-order valence-corrected chi connectivity index (χ4v) is 3.52. The van der Waals surface area contributed by atoms with Crippen molar-refractivity contribution in [2.24, 2.45) is 5.92 Å². The number of nitrogens with one attached hydrogen (secondary N) is 2. The van der Waals surface area contributed by atoms with Crippen LogP contribution >= 0.6 is 0 Å². The lowest BCUT2D eigenvalue weighted by Crippen LogP contribution is -2.41. The maximum Gasteiger partial charge on any atom is 0.412 e. The standard InChI is InChI=1S/C22H31N5O2/c1-13(2)19(15(4)23-21(28)29-16-10-8-14(3)9-11-16)20-25-24-18-12-17(22(5,6)7)26-27(18)20/h8-13,15,19,26H,1-7H3,(H,23,28). The minimum atomic E-state index is -0.477. The van der Waals surface area contributed by atoms with Crippen molar-refractivity contribution in [3.63, 3.8) is 0 Å². The van der Waals surface area contributed by atoms with E-state index in [1.165, 1.54) is 0 Å². The van der Waals surface area contributed by atoms with Crippen LogP contribution in [0.3, 0.4) is 0 Å². The summed E-state index contributed by atoms with van der Waals surface area (Å²) in [6.07, 6.45) is -0.477. The summed E-state index contributed by atoms with van der Waals surface area (Å²) in [5, 5.41) is 15.1. The number of aromatic amines is 1. The molecule has 2 aromatic heterocycles. The van der Waals surface area contributed by atoms with Gasteiger partial charge in [-0.15, -0.1) is 10.2 Å². The molecule has 0 aliphatic rings. The molecular weight excluding hydrogens is 366 g/mol. The summed E-state index contributed by atoms with van der Waals surface area (Å²) in [4.78, 5) is 12.4. The highest BCUT2D eigenvalue weighted by molar-refractivity contribution is 5.70. The van der Waals surface area contributed by atoms with Gasteiger partial charge in [-0.3, -0.25) is 5.10 Å². The molecule has 0 radical (unpaired) electrons. The smallest absolute Gasteiger partial charge is 0.410 e. The van der Waals surface area contributed by atoms with E-state index in [-0.39, 0.29) is 23.3 Å². The Kier molecular flexibility index (Phi) is 5.68. The minimum absolute atomic E-state index is 0.0208. The van der Waals surface area contributed by atoms with Crippen LogP contribution in [0.1, 0.15) is 64.5 Å². The Bertz CT molecular complexity index is 979. The highest BCUT2D eigenvalue weighted by Crippen LogP contribution is 2.29. The molecule has 7 heteroatoms. The number of carbonyl (C=O) groups is 1. The number of rotatable bonds is 5. The predicted octanol–water partition coefficient (Wildman–Crippen LogP) is 4.58. The molecule has 2 N–H and O–H groups in total. The van der Waals surface area contributed by atoms with Crippen molar-refractivity contribution in [2.75, 3.05) is 0 Å². The van der Waals surface area contributed by atoms with Crippen molar-refractivity contribution in [2.45, 2.75) is 65.8 Å². The van der Waals surface area contributed by atoms with E-state index in [2.05, 4.69) is 55.2 Å². The van der Waals surface area contributed by atoms with E-state index in [9.17, 15) is 4.79 Å². The second kappa shape index (κ2) is 7.89. The lowest BCUT2D eigenvalue weighted by molar-refractivity contribution is 0.192. The number of nitrogens with zero attached hydrogens (tertiary/aromatic N) is 3. The number of H-pyrrole nitrogens is 1. The summed E-state index contributed by atoms with van der Waals surface area (Å²) >= 11 is 0. The Balaban J connectivity index is 1.80. The Hall–Kier alpha value is -2.83. The van der Waals surface area contributed by atoms with Crippen LogP contribution in [-0.2, 0) is 5.41 Å². The Morgan fingerprint density at radius 2 is 1.79 bits per heavy atom. The van der Waals surface area contributed by atoms with Gasteiger partial charge in [-0.2, -0.15) is 0 Å². The fraction of sp³-hybridized carbons (Fsp3) is 0.500. The van der Waals surface area contributed by atoms with E-state index in [4.69, 9.17) is 4.74 Å². The van der Waals surface area contributed by atoms with Crippen molar-refractivity contribution in [1.29, 1.82) is 0 Å². The number of hydrogen-bond donors (Lipinski definition) is 2. The van der Waals surface area contributed by atoms with Gasteiger partial charge in [0.2, 0.25) is 0 Å². The molecule has 0 aliphatic carbocycles. The molecule has 1 aromatic carbocycles. The van der Waals surface area contributed by atoms with Crippen LogP contribution in [0.5, 0.6) is 5.75 Å². The van der Waals surface area contributed by atoms with Gasteiger partial charge in [-0.25, -0.2) is 9.31 Å². The minimum Gasteiger partial charge on any atom is -0.410 e. The number of aromatic nitrogens is 4. The zero-order valence-electron chi connectivity index (χ0n) is 18.3. The van der Waals surface area contributed by atoms with Crippen LogP contribution in [0.15, 0.2) is 30.3 Å². The summed E-state index contributed by atoms with van der Waals surface area (Å²) in [6.45, 7) is 14.6. The SMILES string of the molecule is Cc1ccc(OC(=O)NC(C)C(c2nnc3cc(C(C)(C)C)[nH]n23)C(C)C)cc1. The molecule has 3 rings (SSSR count). The quantitative estimate of drug-likeness (QED) is 0.660. The zero-order valence-corrected chi connectivity index (χ0v) is 18.3. The Morgan fingerprint density at radius 1 is 1.14 bits per heavy atom. The molecule has 0 bridgehead atoms. The number of ether oxygens (including phenoxy) is 1. The summed E-state index contributed by atoms with van der Waals surface area (Å²) < 4.78 is 7.35. The monoisotopic (exact) mass is 397 g/mol. The van der Waals surface area contributed by atoms with Crippen LogP contribution in [0.2, 0.25) is 0 Å². The second-order valence-electron chi connectivity index (χ2n) is 9.08. The van der Waals surface area contributed by atoms with Gasteiger partial charge in [0.05, 0.1) is 0 Å². The molecule has 156 valence electrons. The van der Waals surface area contributed by atoms with E-state index in [1.54, 1.807) is 12.1 Å². The number of benzene rings is 1. The Morgan fingerprint density at radius 3 is 2.38 bits per heavy atom.